The van der Waals surface area contributed by atoms with Crippen molar-refractivity contribution in [2.45, 2.75) is 49.3 Å². The normalized spacial score (nSPS) is 32.6. The molecular formula is C22H25BrN2O3. The van der Waals surface area contributed by atoms with Gasteiger partial charge in [-0.1, -0.05) is 34.1 Å². The predicted octanol–water partition coefficient (Wildman–Crippen LogP) is 4.21. The Bertz CT molecular complexity index is 790. The third-order valence-electron chi connectivity index (χ3n) is 6.57. The van der Waals surface area contributed by atoms with Crippen molar-refractivity contribution in [2.75, 3.05) is 18.1 Å². The summed E-state index contributed by atoms with van der Waals surface area (Å²) in [6.45, 7) is 0.0161. The number of amides is 1. The standard InChI is InChI=1S/C22H25BrN2O3/c23-22-12-16-9-17(13-22)11-21(10-16,15-22)20(27)28-14-19(26)25(8-4-7-24)18-5-2-1-3-6-18/h1-3,5-6,16-17H,4,8-15H2. The maximum absolute atomic E-state index is 13.1. The van der Waals surface area contributed by atoms with Crippen molar-refractivity contribution in [3.63, 3.8) is 0 Å². The lowest BCUT2D eigenvalue weighted by molar-refractivity contribution is -0.171. The van der Waals surface area contributed by atoms with Gasteiger partial charge in [0.25, 0.3) is 5.91 Å². The van der Waals surface area contributed by atoms with Gasteiger partial charge in [0, 0.05) is 16.6 Å². The second-order valence-corrected chi connectivity index (χ2v) is 10.4. The third-order valence-corrected chi connectivity index (χ3v) is 7.49. The van der Waals surface area contributed by atoms with Crippen LogP contribution in [0, 0.1) is 28.6 Å². The number of benzene rings is 1. The molecular weight excluding hydrogens is 420 g/mol. The molecule has 28 heavy (non-hydrogen) atoms. The van der Waals surface area contributed by atoms with Crippen LogP contribution in [0.3, 0.4) is 0 Å². The summed E-state index contributed by atoms with van der Waals surface area (Å²) in [7, 11) is 0. The topological polar surface area (TPSA) is 70.4 Å². The van der Waals surface area contributed by atoms with Gasteiger partial charge < -0.3 is 9.64 Å². The van der Waals surface area contributed by atoms with Gasteiger partial charge in [0.15, 0.2) is 6.61 Å². The summed E-state index contributed by atoms with van der Waals surface area (Å²) in [6.07, 6.45) is 6.34. The number of rotatable bonds is 6. The first-order valence-electron chi connectivity index (χ1n) is 10.0. The van der Waals surface area contributed by atoms with Crippen LogP contribution in [0.4, 0.5) is 5.69 Å². The first-order valence-corrected chi connectivity index (χ1v) is 10.8. The van der Waals surface area contributed by atoms with Crippen LogP contribution in [-0.4, -0.2) is 29.4 Å². The number of hydrogen-bond acceptors (Lipinski definition) is 4. The van der Waals surface area contributed by atoms with E-state index in [2.05, 4.69) is 22.0 Å². The number of para-hydroxylation sites is 1. The number of halogens is 1. The van der Waals surface area contributed by atoms with Crippen molar-refractivity contribution in [3.05, 3.63) is 30.3 Å². The van der Waals surface area contributed by atoms with Crippen molar-refractivity contribution in [2.24, 2.45) is 17.3 Å². The summed E-state index contributed by atoms with van der Waals surface area (Å²) < 4.78 is 5.65. The number of nitrogens with zero attached hydrogens (tertiary/aromatic N) is 2. The molecule has 0 spiro atoms. The van der Waals surface area contributed by atoms with Gasteiger partial charge in [-0.25, -0.2) is 0 Å². The van der Waals surface area contributed by atoms with Gasteiger partial charge in [0.2, 0.25) is 0 Å². The average molecular weight is 445 g/mol. The van der Waals surface area contributed by atoms with Crippen LogP contribution in [-0.2, 0) is 14.3 Å². The summed E-state index contributed by atoms with van der Waals surface area (Å²) >= 11 is 3.91. The van der Waals surface area contributed by atoms with Crippen LogP contribution in [0.25, 0.3) is 0 Å². The minimum absolute atomic E-state index is 0.0724. The van der Waals surface area contributed by atoms with E-state index in [9.17, 15) is 9.59 Å². The first-order chi connectivity index (χ1) is 13.4. The number of ether oxygens (including phenoxy) is 1. The average Bonchev–Trinajstić information content (AvgIpc) is 2.65. The molecule has 0 radical (unpaired) electrons. The Labute approximate surface area is 174 Å². The number of anilines is 1. The zero-order chi connectivity index (χ0) is 19.8. The highest BCUT2D eigenvalue weighted by Crippen LogP contribution is 2.64. The summed E-state index contributed by atoms with van der Waals surface area (Å²) in [6, 6.07) is 11.3. The smallest absolute Gasteiger partial charge is 0.312 e. The number of nitriles is 1. The van der Waals surface area contributed by atoms with E-state index in [4.69, 9.17) is 10.00 Å². The lowest BCUT2D eigenvalue weighted by atomic mass is 9.49. The number of hydrogen-bond donors (Lipinski definition) is 0. The van der Waals surface area contributed by atoms with Gasteiger partial charge in [-0.05, 0) is 62.5 Å². The van der Waals surface area contributed by atoms with Gasteiger partial charge in [0.05, 0.1) is 17.9 Å². The molecule has 4 aliphatic carbocycles. The molecule has 148 valence electrons. The van der Waals surface area contributed by atoms with Crippen LogP contribution in [0.2, 0.25) is 0 Å². The SMILES string of the molecule is N#CCCN(C(=O)COC(=O)C12CC3CC(CC(Br)(C3)C1)C2)c1ccccc1. The molecule has 1 amide bonds. The predicted molar refractivity (Wildman–Crippen MR) is 109 cm³/mol. The molecule has 4 aliphatic rings. The zero-order valence-electron chi connectivity index (χ0n) is 15.9. The highest BCUT2D eigenvalue weighted by atomic mass is 79.9. The second kappa shape index (κ2) is 7.51. The maximum Gasteiger partial charge on any atom is 0.312 e. The van der Waals surface area contributed by atoms with Gasteiger partial charge in [0.1, 0.15) is 0 Å². The minimum atomic E-state index is -0.432. The Hall–Kier alpha value is -1.87. The van der Waals surface area contributed by atoms with Crippen LogP contribution in [0.15, 0.2) is 30.3 Å². The maximum atomic E-state index is 13.1. The fraction of sp³-hybridized carbons (Fsp3) is 0.591. The Morgan fingerprint density at radius 1 is 1.18 bits per heavy atom. The minimum Gasteiger partial charge on any atom is -0.455 e. The molecule has 0 aliphatic heterocycles. The van der Waals surface area contributed by atoms with Crippen LogP contribution in [0.5, 0.6) is 0 Å². The van der Waals surface area contributed by atoms with Crippen LogP contribution >= 0.6 is 15.9 Å². The molecule has 4 bridgehead atoms. The fourth-order valence-corrected chi connectivity index (χ4v) is 7.37. The van der Waals surface area contributed by atoms with E-state index in [0.717, 1.165) is 32.1 Å². The summed E-state index contributed by atoms with van der Waals surface area (Å²) in [4.78, 5) is 27.4. The lowest BCUT2D eigenvalue weighted by Gasteiger charge is -2.58. The van der Waals surface area contributed by atoms with Gasteiger partial charge in [-0.2, -0.15) is 5.26 Å². The lowest BCUT2D eigenvalue weighted by Crippen LogP contribution is -2.56. The quantitative estimate of drug-likeness (QED) is 0.486. The monoisotopic (exact) mass is 444 g/mol. The largest absolute Gasteiger partial charge is 0.455 e. The van der Waals surface area contributed by atoms with E-state index in [1.807, 2.05) is 30.3 Å². The van der Waals surface area contributed by atoms with Crippen molar-refractivity contribution < 1.29 is 14.3 Å². The number of alkyl halides is 1. The molecule has 1 aromatic rings. The number of esters is 1. The van der Waals surface area contributed by atoms with E-state index in [0.29, 0.717) is 17.5 Å². The third kappa shape index (κ3) is 3.69. The number of carbonyl (C=O) groups is 2. The molecule has 4 fully saturated rings. The number of carbonyl (C=O) groups excluding carboxylic acids is 2. The van der Waals surface area contributed by atoms with Gasteiger partial charge in [-0.3, -0.25) is 9.59 Å². The molecule has 0 heterocycles. The fourth-order valence-electron chi connectivity index (χ4n) is 5.92. The Balaban J connectivity index is 1.42. The van der Waals surface area contributed by atoms with E-state index in [-0.39, 0.29) is 35.8 Å². The summed E-state index contributed by atoms with van der Waals surface area (Å²) in [5.74, 6) is 0.667. The first kappa shape index (κ1) is 19.4. The Kier molecular flexibility index (Phi) is 5.22. The van der Waals surface area contributed by atoms with Crippen LogP contribution in [0.1, 0.15) is 44.9 Å². The molecule has 0 aromatic heterocycles. The van der Waals surface area contributed by atoms with Gasteiger partial charge in [-0.15, -0.1) is 0 Å². The molecule has 0 saturated heterocycles. The molecule has 5 rings (SSSR count). The highest BCUT2D eigenvalue weighted by Gasteiger charge is 2.60. The summed E-state index contributed by atoms with van der Waals surface area (Å²) in [5, 5.41) is 8.90. The zero-order valence-corrected chi connectivity index (χ0v) is 17.5. The second-order valence-electron chi connectivity index (χ2n) is 8.76. The molecule has 1 aromatic carbocycles. The van der Waals surface area contributed by atoms with E-state index >= 15 is 0 Å². The molecule has 5 nitrogen and oxygen atoms in total. The molecule has 0 N–H and O–H groups in total. The van der Waals surface area contributed by atoms with Crippen molar-refractivity contribution in [1.29, 1.82) is 5.26 Å². The van der Waals surface area contributed by atoms with Gasteiger partial charge >= 0.3 is 5.97 Å². The Morgan fingerprint density at radius 3 is 2.46 bits per heavy atom. The highest BCUT2D eigenvalue weighted by molar-refractivity contribution is 9.10. The summed E-state index contributed by atoms with van der Waals surface area (Å²) in [5.41, 5.74) is 0.283. The van der Waals surface area contributed by atoms with E-state index in [1.165, 1.54) is 11.3 Å². The van der Waals surface area contributed by atoms with Crippen molar-refractivity contribution >= 4 is 33.5 Å². The van der Waals surface area contributed by atoms with Crippen molar-refractivity contribution in [1.82, 2.24) is 0 Å². The van der Waals surface area contributed by atoms with E-state index in [1.54, 1.807) is 0 Å². The molecule has 4 saturated carbocycles. The molecule has 2 atom stereocenters. The molecule has 2 unspecified atom stereocenters. The van der Waals surface area contributed by atoms with E-state index < -0.39 is 5.41 Å². The van der Waals surface area contributed by atoms with Crippen LogP contribution < -0.4 is 4.90 Å². The van der Waals surface area contributed by atoms with Crippen molar-refractivity contribution in [3.8, 4) is 6.07 Å². The molecule has 6 heteroatoms. The Morgan fingerprint density at radius 2 is 1.86 bits per heavy atom.